The third-order valence-electron chi connectivity index (χ3n) is 3.88. The SMILES string of the molecule is N#Cc1cc(C(/C=C/c2ccc(C(=O)O)c(C(F)(F)F)c2)C(F)(F)F)ccc1F. The van der Waals surface area contributed by atoms with Crippen molar-refractivity contribution >= 4 is 12.0 Å². The Hall–Kier alpha value is -3.35. The van der Waals surface area contributed by atoms with Crippen molar-refractivity contribution in [2.45, 2.75) is 18.3 Å². The van der Waals surface area contributed by atoms with Gasteiger partial charge in [0.1, 0.15) is 11.9 Å². The van der Waals surface area contributed by atoms with E-state index in [1.54, 1.807) is 0 Å². The van der Waals surface area contributed by atoms with Crippen LogP contribution in [0.2, 0.25) is 0 Å². The number of hydrogen-bond donors (Lipinski definition) is 1. The predicted molar refractivity (Wildman–Crippen MR) is 87.3 cm³/mol. The van der Waals surface area contributed by atoms with Gasteiger partial charge in [-0.15, -0.1) is 0 Å². The molecule has 0 amide bonds. The third kappa shape index (κ3) is 5.13. The summed E-state index contributed by atoms with van der Waals surface area (Å²) in [6.07, 6.45) is -8.62. The molecular weight excluding hydrogens is 407 g/mol. The monoisotopic (exact) mass is 417 g/mol. The van der Waals surface area contributed by atoms with Crippen LogP contribution in [-0.4, -0.2) is 17.3 Å². The van der Waals surface area contributed by atoms with Crippen molar-refractivity contribution < 1.29 is 40.6 Å². The number of rotatable bonds is 4. The summed E-state index contributed by atoms with van der Waals surface area (Å²) in [4.78, 5) is 10.9. The molecule has 0 aromatic heterocycles. The van der Waals surface area contributed by atoms with Gasteiger partial charge in [-0.25, -0.2) is 9.18 Å². The highest BCUT2D eigenvalue weighted by Crippen LogP contribution is 2.38. The minimum Gasteiger partial charge on any atom is -0.478 e. The second-order valence-corrected chi connectivity index (χ2v) is 5.84. The summed E-state index contributed by atoms with van der Waals surface area (Å²) in [5.74, 6) is -5.18. The number of carboxylic acids is 1. The number of halogens is 7. The highest BCUT2D eigenvalue weighted by Gasteiger charge is 2.39. The van der Waals surface area contributed by atoms with Crippen LogP contribution in [0.1, 0.15) is 38.5 Å². The zero-order valence-electron chi connectivity index (χ0n) is 14.1. The summed E-state index contributed by atoms with van der Waals surface area (Å²) in [5.41, 5.74) is -3.97. The van der Waals surface area contributed by atoms with Gasteiger partial charge < -0.3 is 5.11 Å². The minimum absolute atomic E-state index is 0.320. The number of carboxylic acid groups (broad SMARTS) is 1. The number of nitrogens with zero attached hydrogens (tertiary/aromatic N) is 1. The van der Waals surface area contributed by atoms with E-state index in [0.29, 0.717) is 30.3 Å². The van der Waals surface area contributed by atoms with E-state index in [0.717, 1.165) is 18.2 Å². The summed E-state index contributed by atoms with van der Waals surface area (Å²) in [6, 6.07) is 5.59. The zero-order valence-corrected chi connectivity index (χ0v) is 14.1. The first-order valence-electron chi connectivity index (χ1n) is 7.73. The van der Waals surface area contributed by atoms with Crippen molar-refractivity contribution in [2.75, 3.05) is 0 Å². The Morgan fingerprint density at radius 3 is 2.24 bits per heavy atom. The van der Waals surface area contributed by atoms with Crippen molar-refractivity contribution in [3.05, 3.63) is 76.1 Å². The molecule has 2 aromatic carbocycles. The molecule has 0 bridgehead atoms. The largest absolute Gasteiger partial charge is 0.478 e. The van der Waals surface area contributed by atoms with Gasteiger partial charge in [0.2, 0.25) is 0 Å². The van der Waals surface area contributed by atoms with Crippen molar-refractivity contribution in [3.8, 4) is 6.07 Å². The number of benzene rings is 2. The molecule has 0 aliphatic rings. The lowest BCUT2D eigenvalue weighted by Gasteiger charge is -2.18. The highest BCUT2D eigenvalue weighted by atomic mass is 19.4. The van der Waals surface area contributed by atoms with Gasteiger partial charge in [0.05, 0.1) is 22.6 Å². The fourth-order valence-electron chi connectivity index (χ4n) is 2.53. The molecule has 3 nitrogen and oxygen atoms in total. The van der Waals surface area contributed by atoms with Crippen molar-refractivity contribution in [2.24, 2.45) is 0 Å². The molecule has 0 saturated carbocycles. The standard InChI is InChI=1S/C19H10F7NO2/c20-16-6-3-11(8-12(16)9-27)14(18(21,22)23)5-2-10-1-4-13(17(28)29)15(7-10)19(24,25)26/h1-8,14H,(H,28,29)/b5-2+. The maximum absolute atomic E-state index is 13.4. The molecule has 0 spiro atoms. The van der Waals surface area contributed by atoms with Gasteiger partial charge in [0.25, 0.3) is 0 Å². The van der Waals surface area contributed by atoms with Crippen LogP contribution in [0.25, 0.3) is 6.08 Å². The topological polar surface area (TPSA) is 61.1 Å². The molecule has 0 radical (unpaired) electrons. The fraction of sp³-hybridized carbons (Fsp3) is 0.158. The maximum Gasteiger partial charge on any atom is 0.417 e. The second-order valence-electron chi connectivity index (χ2n) is 5.84. The van der Waals surface area contributed by atoms with Crippen LogP contribution in [0.15, 0.2) is 42.5 Å². The van der Waals surface area contributed by atoms with Crippen molar-refractivity contribution in [1.82, 2.24) is 0 Å². The molecule has 10 heteroatoms. The summed E-state index contributed by atoms with van der Waals surface area (Å²) < 4.78 is 92.6. The Bertz CT molecular complexity index is 1000. The van der Waals surface area contributed by atoms with Gasteiger partial charge >= 0.3 is 18.3 Å². The molecule has 1 atom stereocenters. The highest BCUT2D eigenvalue weighted by molar-refractivity contribution is 5.90. The summed E-state index contributed by atoms with van der Waals surface area (Å²) >= 11 is 0. The molecule has 0 saturated heterocycles. The fourth-order valence-corrected chi connectivity index (χ4v) is 2.53. The van der Waals surface area contributed by atoms with Crippen LogP contribution in [0.3, 0.4) is 0 Å². The molecule has 1 N–H and O–H groups in total. The Morgan fingerprint density at radius 2 is 1.72 bits per heavy atom. The normalized spacial score (nSPS) is 13.3. The van der Waals surface area contributed by atoms with Gasteiger partial charge in [-0.2, -0.15) is 31.6 Å². The first kappa shape index (κ1) is 21.9. The average Bonchev–Trinajstić information content (AvgIpc) is 2.61. The molecule has 1 unspecified atom stereocenters. The Kier molecular flexibility index (Phi) is 6.01. The van der Waals surface area contributed by atoms with Crippen LogP contribution in [0.5, 0.6) is 0 Å². The van der Waals surface area contributed by atoms with E-state index < -0.39 is 52.3 Å². The van der Waals surface area contributed by atoms with Crippen LogP contribution in [-0.2, 0) is 6.18 Å². The van der Waals surface area contributed by atoms with Crippen molar-refractivity contribution in [1.29, 1.82) is 5.26 Å². The van der Waals surface area contributed by atoms with Crippen LogP contribution in [0.4, 0.5) is 30.7 Å². The Morgan fingerprint density at radius 1 is 1.07 bits per heavy atom. The number of hydrogen-bond acceptors (Lipinski definition) is 2. The molecule has 0 aliphatic carbocycles. The van der Waals surface area contributed by atoms with Crippen LogP contribution < -0.4 is 0 Å². The summed E-state index contributed by atoms with van der Waals surface area (Å²) in [7, 11) is 0. The minimum atomic E-state index is -5.03. The van der Waals surface area contributed by atoms with Crippen molar-refractivity contribution in [3.63, 3.8) is 0 Å². The molecule has 29 heavy (non-hydrogen) atoms. The van der Waals surface area contributed by atoms with E-state index in [9.17, 15) is 35.5 Å². The molecule has 152 valence electrons. The average molecular weight is 417 g/mol. The lowest BCUT2D eigenvalue weighted by molar-refractivity contribution is -0.139. The van der Waals surface area contributed by atoms with E-state index in [4.69, 9.17) is 10.4 Å². The lowest BCUT2D eigenvalue weighted by Crippen LogP contribution is -2.19. The van der Waals surface area contributed by atoms with Gasteiger partial charge in [-0.05, 0) is 35.4 Å². The molecule has 0 aliphatic heterocycles. The van der Waals surface area contributed by atoms with E-state index in [1.165, 1.54) is 6.07 Å². The van der Waals surface area contributed by atoms with Gasteiger partial charge in [-0.3, -0.25) is 0 Å². The molecule has 2 aromatic rings. The predicted octanol–water partition coefficient (Wildman–Crippen LogP) is 5.77. The van der Waals surface area contributed by atoms with Crippen LogP contribution >= 0.6 is 0 Å². The first-order valence-corrected chi connectivity index (χ1v) is 7.73. The second kappa shape index (κ2) is 7.95. The van der Waals surface area contributed by atoms with Gasteiger partial charge in [0, 0.05) is 0 Å². The third-order valence-corrected chi connectivity index (χ3v) is 3.88. The Labute approximate surface area is 159 Å². The molecule has 2 rings (SSSR count). The van der Waals surface area contributed by atoms with Gasteiger partial charge in [-0.1, -0.05) is 24.3 Å². The molecular formula is C19H10F7NO2. The van der Waals surface area contributed by atoms with Crippen LogP contribution in [0, 0.1) is 17.1 Å². The first-order chi connectivity index (χ1) is 13.3. The number of aromatic carboxylic acids is 1. The number of allylic oxidation sites excluding steroid dienone is 1. The smallest absolute Gasteiger partial charge is 0.417 e. The lowest BCUT2D eigenvalue weighted by atomic mass is 9.95. The van der Waals surface area contributed by atoms with E-state index in [1.807, 2.05) is 0 Å². The molecule has 0 heterocycles. The van der Waals surface area contributed by atoms with E-state index >= 15 is 0 Å². The maximum atomic E-state index is 13.4. The van der Waals surface area contributed by atoms with E-state index in [-0.39, 0.29) is 5.56 Å². The number of alkyl halides is 6. The van der Waals surface area contributed by atoms with E-state index in [2.05, 4.69) is 0 Å². The van der Waals surface area contributed by atoms with Gasteiger partial charge in [0.15, 0.2) is 0 Å². The zero-order chi connectivity index (χ0) is 22.0. The quantitative estimate of drug-likeness (QED) is 0.642. The summed E-state index contributed by atoms with van der Waals surface area (Å²) in [6.45, 7) is 0. The summed E-state index contributed by atoms with van der Waals surface area (Å²) in [5, 5.41) is 17.6. The Balaban J connectivity index is 2.50. The molecule has 0 fully saturated rings. The number of nitriles is 1. The number of carbonyl (C=O) groups is 1.